The van der Waals surface area contributed by atoms with Gasteiger partial charge in [0.25, 0.3) is 0 Å². The Morgan fingerprint density at radius 3 is 2.89 bits per heavy atom. The predicted octanol–water partition coefficient (Wildman–Crippen LogP) is 3.95. The number of rotatable bonds is 9. The van der Waals surface area contributed by atoms with E-state index in [4.69, 9.17) is 4.74 Å². The van der Waals surface area contributed by atoms with Crippen molar-refractivity contribution in [3.8, 4) is 17.1 Å². The summed E-state index contributed by atoms with van der Waals surface area (Å²) < 4.78 is 7.39. The van der Waals surface area contributed by atoms with Crippen LogP contribution in [0.2, 0.25) is 0 Å². The summed E-state index contributed by atoms with van der Waals surface area (Å²) in [7, 11) is 3.44. The van der Waals surface area contributed by atoms with E-state index in [1.54, 1.807) is 29.4 Å². The molecule has 0 unspecified atom stereocenters. The van der Waals surface area contributed by atoms with E-state index in [2.05, 4.69) is 22.2 Å². The van der Waals surface area contributed by atoms with Gasteiger partial charge in [0.2, 0.25) is 5.91 Å². The van der Waals surface area contributed by atoms with Crippen LogP contribution in [0.5, 0.6) is 5.75 Å². The normalized spacial score (nSPS) is 10.6. The van der Waals surface area contributed by atoms with E-state index in [1.165, 1.54) is 11.8 Å². The number of carbonyl (C=O) groups excluding carboxylic acids is 1. The average Bonchev–Trinajstić information content (AvgIpc) is 3.36. The first-order chi connectivity index (χ1) is 13.6. The van der Waals surface area contributed by atoms with Gasteiger partial charge in [-0.15, -0.1) is 16.8 Å². The number of nitrogens with zero attached hydrogens (tertiary/aromatic N) is 4. The predicted molar refractivity (Wildman–Crippen MR) is 114 cm³/mol. The Kier molecular flexibility index (Phi) is 6.89. The zero-order valence-electron chi connectivity index (χ0n) is 15.9. The van der Waals surface area contributed by atoms with Crippen molar-refractivity contribution in [3.05, 3.63) is 59.3 Å². The summed E-state index contributed by atoms with van der Waals surface area (Å²) in [4.78, 5) is 14.2. The molecule has 1 aromatic carbocycles. The Morgan fingerprint density at radius 1 is 1.36 bits per heavy atom. The van der Waals surface area contributed by atoms with Gasteiger partial charge in [0, 0.05) is 20.1 Å². The quantitative estimate of drug-likeness (QED) is 0.392. The molecule has 0 N–H and O–H groups in total. The number of benzene rings is 1. The highest BCUT2D eigenvalue weighted by atomic mass is 32.2. The maximum Gasteiger partial charge on any atom is 0.233 e. The third-order valence-electron chi connectivity index (χ3n) is 4.13. The summed E-state index contributed by atoms with van der Waals surface area (Å²) in [5, 5.41) is 13.4. The van der Waals surface area contributed by atoms with Crippen LogP contribution in [-0.4, -0.2) is 45.5 Å². The Morgan fingerprint density at radius 2 is 2.18 bits per heavy atom. The molecule has 0 aliphatic heterocycles. The highest BCUT2D eigenvalue weighted by molar-refractivity contribution is 7.99. The number of aromatic nitrogens is 3. The fraction of sp³-hybridized carbons (Fsp3) is 0.250. The molecule has 28 heavy (non-hydrogen) atoms. The number of para-hydroxylation sites is 1. The average molecular weight is 415 g/mol. The zero-order valence-corrected chi connectivity index (χ0v) is 17.5. The molecule has 1 amide bonds. The first kappa shape index (κ1) is 20.2. The topological polar surface area (TPSA) is 60.2 Å². The van der Waals surface area contributed by atoms with Gasteiger partial charge < -0.3 is 9.64 Å². The fourth-order valence-corrected chi connectivity index (χ4v) is 4.25. The molecule has 6 nitrogen and oxygen atoms in total. The van der Waals surface area contributed by atoms with Gasteiger partial charge in [-0.05, 0) is 34.5 Å². The van der Waals surface area contributed by atoms with Crippen molar-refractivity contribution in [1.82, 2.24) is 19.7 Å². The van der Waals surface area contributed by atoms with Gasteiger partial charge in [-0.2, -0.15) is 11.3 Å². The first-order valence-corrected chi connectivity index (χ1v) is 10.6. The van der Waals surface area contributed by atoms with Crippen molar-refractivity contribution in [2.45, 2.75) is 18.2 Å². The van der Waals surface area contributed by atoms with E-state index in [-0.39, 0.29) is 5.91 Å². The number of thiophene rings is 1. The number of hydrogen-bond donors (Lipinski definition) is 0. The molecule has 0 atom stereocenters. The van der Waals surface area contributed by atoms with Gasteiger partial charge in [0.15, 0.2) is 11.0 Å². The second-order valence-corrected chi connectivity index (χ2v) is 7.80. The lowest BCUT2D eigenvalue weighted by Gasteiger charge is -2.16. The number of thioether (sulfide) groups is 1. The minimum absolute atomic E-state index is 0.0446. The van der Waals surface area contributed by atoms with Crippen molar-refractivity contribution < 1.29 is 9.53 Å². The Bertz CT molecular complexity index is 938. The largest absolute Gasteiger partial charge is 0.496 e. The van der Waals surface area contributed by atoms with Crippen molar-refractivity contribution in [1.29, 1.82) is 0 Å². The molecule has 3 aromatic rings. The molecule has 2 heterocycles. The lowest BCUT2D eigenvalue weighted by atomic mass is 10.2. The molecular weight excluding hydrogens is 392 g/mol. The van der Waals surface area contributed by atoms with Gasteiger partial charge in [-0.25, -0.2) is 0 Å². The van der Waals surface area contributed by atoms with Crippen LogP contribution >= 0.6 is 23.1 Å². The summed E-state index contributed by atoms with van der Waals surface area (Å²) in [6, 6.07) is 9.70. The molecule has 3 rings (SSSR count). The zero-order chi connectivity index (χ0) is 19.9. The monoisotopic (exact) mass is 414 g/mol. The van der Waals surface area contributed by atoms with Gasteiger partial charge in [0.1, 0.15) is 5.75 Å². The van der Waals surface area contributed by atoms with Crippen LogP contribution in [0.4, 0.5) is 0 Å². The molecule has 0 aliphatic rings. The number of allylic oxidation sites excluding steroid dienone is 1. The third-order valence-corrected chi connectivity index (χ3v) is 5.81. The van der Waals surface area contributed by atoms with Crippen LogP contribution in [0, 0.1) is 0 Å². The molecule has 0 fully saturated rings. The molecule has 0 saturated carbocycles. The molecule has 8 heteroatoms. The first-order valence-electron chi connectivity index (χ1n) is 8.69. The fourth-order valence-electron chi connectivity index (χ4n) is 2.70. The van der Waals surface area contributed by atoms with Crippen LogP contribution in [0.1, 0.15) is 5.56 Å². The Hall–Kier alpha value is -2.58. The van der Waals surface area contributed by atoms with E-state index < -0.39 is 0 Å². The van der Waals surface area contributed by atoms with E-state index in [0.29, 0.717) is 29.8 Å². The number of carbonyl (C=O) groups is 1. The molecule has 0 radical (unpaired) electrons. The van der Waals surface area contributed by atoms with Crippen molar-refractivity contribution in [2.24, 2.45) is 0 Å². The molecule has 2 aromatic heterocycles. The maximum absolute atomic E-state index is 12.5. The van der Waals surface area contributed by atoms with Crippen LogP contribution in [-0.2, 0) is 17.9 Å². The van der Waals surface area contributed by atoms with Crippen molar-refractivity contribution in [2.75, 3.05) is 19.9 Å². The van der Waals surface area contributed by atoms with Crippen LogP contribution in [0.3, 0.4) is 0 Å². The van der Waals surface area contributed by atoms with E-state index in [0.717, 1.165) is 16.9 Å². The molecule has 0 saturated heterocycles. The number of hydrogen-bond acceptors (Lipinski definition) is 6. The maximum atomic E-state index is 12.5. The summed E-state index contributed by atoms with van der Waals surface area (Å²) in [5.41, 5.74) is 1.99. The lowest BCUT2D eigenvalue weighted by molar-refractivity contribution is -0.127. The second-order valence-electron chi connectivity index (χ2n) is 6.08. The minimum atomic E-state index is 0.0446. The summed E-state index contributed by atoms with van der Waals surface area (Å²) >= 11 is 3.01. The van der Waals surface area contributed by atoms with Crippen molar-refractivity contribution >= 4 is 29.0 Å². The smallest absolute Gasteiger partial charge is 0.233 e. The van der Waals surface area contributed by atoms with E-state index >= 15 is 0 Å². The standard InChI is InChI=1S/C20H22N4O2S2/c1-4-10-24-19(16-7-5-6-8-17(16)26-3)21-22-20(24)28-14-18(25)23(2)12-15-9-11-27-13-15/h4-9,11,13H,1,10,12,14H2,2-3H3. The number of amides is 1. The van der Waals surface area contributed by atoms with Crippen LogP contribution < -0.4 is 4.74 Å². The van der Waals surface area contributed by atoms with Crippen molar-refractivity contribution in [3.63, 3.8) is 0 Å². The van der Waals surface area contributed by atoms with Crippen LogP contribution in [0.15, 0.2) is 58.9 Å². The highest BCUT2D eigenvalue weighted by Gasteiger charge is 2.18. The van der Waals surface area contributed by atoms with Crippen LogP contribution in [0.25, 0.3) is 11.4 Å². The van der Waals surface area contributed by atoms with Gasteiger partial charge >= 0.3 is 0 Å². The summed E-state index contributed by atoms with van der Waals surface area (Å²) in [5.74, 6) is 1.76. The molecule has 146 valence electrons. The third kappa shape index (κ3) is 4.63. The summed E-state index contributed by atoms with van der Waals surface area (Å²) in [6.45, 7) is 4.98. The molecule has 0 spiro atoms. The van der Waals surface area contributed by atoms with E-state index in [1.807, 2.05) is 47.3 Å². The Balaban J connectivity index is 1.74. The van der Waals surface area contributed by atoms with Gasteiger partial charge in [-0.1, -0.05) is 30.0 Å². The van der Waals surface area contributed by atoms with Gasteiger partial charge in [-0.3, -0.25) is 9.36 Å². The Labute approximate surface area is 172 Å². The molecular formula is C20H22N4O2S2. The summed E-state index contributed by atoms with van der Waals surface area (Å²) in [6.07, 6.45) is 1.79. The SMILES string of the molecule is C=CCn1c(SCC(=O)N(C)Cc2ccsc2)nnc1-c1ccccc1OC. The second kappa shape index (κ2) is 9.57. The van der Waals surface area contributed by atoms with Gasteiger partial charge in [0.05, 0.1) is 18.4 Å². The molecule has 0 aliphatic carbocycles. The number of ether oxygens (including phenoxy) is 1. The highest BCUT2D eigenvalue weighted by Crippen LogP contribution is 2.31. The molecule has 0 bridgehead atoms. The number of methoxy groups -OCH3 is 1. The van der Waals surface area contributed by atoms with E-state index in [9.17, 15) is 4.79 Å². The minimum Gasteiger partial charge on any atom is -0.496 e. The lowest BCUT2D eigenvalue weighted by Crippen LogP contribution is -2.27.